The minimum Gasteiger partial charge on any atom is -0.462 e. The fourth-order valence-electron chi connectivity index (χ4n) is 8.72. The van der Waals surface area contributed by atoms with Crippen LogP contribution in [0.3, 0.4) is 0 Å². The molecule has 6 nitrogen and oxygen atoms in total. The minimum atomic E-state index is -0.806. The van der Waals surface area contributed by atoms with Gasteiger partial charge < -0.3 is 14.2 Å². The summed E-state index contributed by atoms with van der Waals surface area (Å²) in [4.78, 5) is 38.3. The molecule has 0 heterocycles. The molecule has 0 amide bonds. The van der Waals surface area contributed by atoms with Crippen LogP contribution in [0.25, 0.3) is 0 Å². The second kappa shape index (κ2) is 62.9. The molecule has 0 N–H and O–H groups in total. The minimum absolute atomic E-state index is 0.0979. The molecule has 430 valence electrons. The Labute approximate surface area is 464 Å². The van der Waals surface area contributed by atoms with E-state index in [4.69, 9.17) is 14.2 Å². The number of allylic oxidation sites excluding steroid dienone is 16. The Morgan fingerprint density at radius 1 is 0.267 bits per heavy atom. The van der Waals surface area contributed by atoms with E-state index in [9.17, 15) is 14.4 Å². The van der Waals surface area contributed by atoms with Gasteiger partial charge in [0, 0.05) is 19.3 Å². The first-order valence-corrected chi connectivity index (χ1v) is 31.7. The van der Waals surface area contributed by atoms with Crippen LogP contribution >= 0.6 is 0 Å². The van der Waals surface area contributed by atoms with Crippen molar-refractivity contribution in [2.75, 3.05) is 13.2 Å². The maximum atomic E-state index is 12.9. The molecular formula is C69H118O6. The third kappa shape index (κ3) is 61.1. The van der Waals surface area contributed by atoms with E-state index in [-0.39, 0.29) is 37.5 Å². The molecule has 0 unspecified atom stereocenters. The van der Waals surface area contributed by atoms with Crippen LogP contribution in [0.15, 0.2) is 97.2 Å². The summed E-state index contributed by atoms with van der Waals surface area (Å²) in [5.41, 5.74) is 0. The Hall–Kier alpha value is -3.67. The van der Waals surface area contributed by atoms with E-state index >= 15 is 0 Å². The van der Waals surface area contributed by atoms with Gasteiger partial charge in [-0.25, -0.2) is 0 Å². The van der Waals surface area contributed by atoms with Crippen LogP contribution in [-0.4, -0.2) is 37.2 Å². The Bertz CT molecular complexity index is 1480. The molecule has 0 aliphatic carbocycles. The van der Waals surface area contributed by atoms with Crippen molar-refractivity contribution in [3.05, 3.63) is 97.2 Å². The second-order valence-electron chi connectivity index (χ2n) is 21.0. The maximum absolute atomic E-state index is 12.9. The summed E-state index contributed by atoms with van der Waals surface area (Å²) in [5, 5.41) is 0. The summed E-state index contributed by atoms with van der Waals surface area (Å²) in [7, 11) is 0. The van der Waals surface area contributed by atoms with E-state index in [1.807, 2.05) is 0 Å². The van der Waals surface area contributed by atoms with Gasteiger partial charge in [0.2, 0.25) is 0 Å². The quantitative estimate of drug-likeness (QED) is 0.0261. The molecule has 0 aliphatic heterocycles. The van der Waals surface area contributed by atoms with Crippen LogP contribution < -0.4 is 0 Å². The molecule has 0 aromatic carbocycles. The zero-order valence-electron chi connectivity index (χ0n) is 49.3. The topological polar surface area (TPSA) is 78.9 Å². The molecule has 0 aliphatic rings. The first-order chi connectivity index (χ1) is 37.0. The smallest absolute Gasteiger partial charge is 0.306 e. The summed E-state index contributed by atoms with van der Waals surface area (Å²) in [6, 6.07) is 0. The summed E-state index contributed by atoms with van der Waals surface area (Å²) in [6.07, 6.45) is 84.0. The monoisotopic (exact) mass is 1040 g/mol. The van der Waals surface area contributed by atoms with Gasteiger partial charge in [0.15, 0.2) is 6.10 Å². The summed E-state index contributed by atoms with van der Waals surface area (Å²) >= 11 is 0. The van der Waals surface area contributed by atoms with Crippen LogP contribution in [0.1, 0.15) is 303 Å². The Morgan fingerprint density at radius 3 is 0.800 bits per heavy atom. The number of esters is 3. The van der Waals surface area contributed by atoms with Crippen molar-refractivity contribution in [3.63, 3.8) is 0 Å². The molecule has 0 rings (SSSR count). The molecule has 0 radical (unpaired) electrons. The molecule has 0 bridgehead atoms. The fourth-order valence-corrected chi connectivity index (χ4v) is 8.72. The molecule has 6 heteroatoms. The predicted molar refractivity (Wildman–Crippen MR) is 325 cm³/mol. The normalized spacial score (nSPS) is 12.7. The van der Waals surface area contributed by atoms with E-state index in [1.165, 1.54) is 154 Å². The SMILES string of the molecule is CCCCC/C=C\C/C=C\C/C=C\C/C=C\CCCCCC(=O)O[C@H](COC(=O)CCCCCC/C=C\C/C=C\C/C=C\CCCCC)COC(=O)CCCCCCCCCCCCC/C=C\CCCCCCCC. The highest BCUT2D eigenvalue weighted by Crippen LogP contribution is 2.15. The van der Waals surface area contributed by atoms with Crippen LogP contribution in [0.4, 0.5) is 0 Å². The van der Waals surface area contributed by atoms with E-state index in [2.05, 4.69) is 118 Å². The Morgan fingerprint density at radius 2 is 0.480 bits per heavy atom. The molecule has 0 aromatic rings. The van der Waals surface area contributed by atoms with E-state index in [0.29, 0.717) is 12.8 Å². The predicted octanol–water partition coefficient (Wildman–Crippen LogP) is 21.7. The van der Waals surface area contributed by atoms with Crippen molar-refractivity contribution in [1.29, 1.82) is 0 Å². The van der Waals surface area contributed by atoms with Crippen LogP contribution in [0.2, 0.25) is 0 Å². The van der Waals surface area contributed by atoms with Gasteiger partial charge >= 0.3 is 17.9 Å². The van der Waals surface area contributed by atoms with Gasteiger partial charge in [0.25, 0.3) is 0 Å². The second-order valence-corrected chi connectivity index (χ2v) is 21.0. The third-order valence-electron chi connectivity index (χ3n) is 13.5. The van der Waals surface area contributed by atoms with Crippen LogP contribution in [-0.2, 0) is 28.6 Å². The molecule has 0 fully saturated rings. The van der Waals surface area contributed by atoms with Crippen molar-refractivity contribution in [2.24, 2.45) is 0 Å². The van der Waals surface area contributed by atoms with Gasteiger partial charge in [0.1, 0.15) is 13.2 Å². The number of carbonyl (C=O) groups excluding carboxylic acids is 3. The zero-order valence-corrected chi connectivity index (χ0v) is 49.3. The van der Waals surface area contributed by atoms with Crippen molar-refractivity contribution in [3.8, 4) is 0 Å². The summed E-state index contributed by atoms with van der Waals surface area (Å²) < 4.78 is 16.9. The van der Waals surface area contributed by atoms with Gasteiger partial charge in [-0.3, -0.25) is 14.4 Å². The third-order valence-corrected chi connectivity index (χ3v) is 13.5. The van der Waals surface area contributed by atoms with Crippen molar-refractivity contribution < 1.29 is 28.6 Å². The Kier molecular flexibility index (Phi) is 59.8. The largest absolute Gasteiger partial charge is 0.462 e. The number of hydrogen-bond donors (Lipinski definition) is 0. The fraction of sp³-hybridized carbons (Fsp3) is 0.725. The molecule has 0 saturated heterocycles. The first kappa shape index (κ1) is 71.3. The Balaban J connectivity index is 4.46. The van der Waals surface area contributed by atoms with Crippen molar-refractivity contribution in [2.45, 2.75) is 309 Å². The lowest BCUT2D eigenvalue weighted by atomic mass is 10.0. The van der Waals surface area contributed by atoms with Crippen LogP contribution in [0, 0.1) is 0 Å². The van der Waals surface area contributed by atoms with Gasteiger partial charge in [-0.05, 0) is 128 Å². The number of ether oxygens (including phenoxy) is 3. The molecular weight excluding hydrogens is 925 g/mol. The van der Waals surface area contributed by atoms with Gasteiger partial charge in [-0.15, -0.1) is 0 Å². The number of rotatable bonds is 57. The lowest BCUT2D eigenvalue weighted by Gasteiger charge is -2.18. The van der Waals surface area contributed by atoms with Crippen molar-refractivity contribution >= 4 is 17.9 Å². The standard InChI is InChI=1S/C69H118O6/c1-4-7-10-13-16-19-22-25-28-31-33-34-36-38-41-44-47-50-53-56-59-62-68(71)74-65-66(64-73-67(70)61-58-55-52-49-46-43-40-37-30-27-24-21-18-15-12-9-6-3)75-69(72)63-60-57-54-51-48-45-42-39-35-32-29-26-23-20-17-14-11-8-5-2/h17-18,20-21,25-30,35,39-40,43,45,48,66H,4-16,19,22-24,31-34,36-38,41-42,44,46-47,49-65H2,1-3H3/b20-17-,21-18-,28-25-,29-26-,30-27-,39-35-,43-40-,48-45-/t66-/m1/s1. The van der Waals surface area contributed by atoms with Crippen molar-refractivity contribution in [1.82, 2.24) is 0 Å². The lowest BCUT2D eigenvalue weighted by molar-refractivity contribution is -0.167. The van der Waals surface area contributed by atoms with Crippen LogP contribution in [0.5, 0.6) is 0 Å². The molecule has 75 heavy (non-hydrogen) atoms. The zero-order chi connectivity index (χ0) is 54.3. The van der Waals surface area contributed by atoms with E-state index in [1.54, 1.807) is 0 Å². The summed E-state index contributed by atoms with van der Waals surface area (Å²) in [6.45, 7) is 6.56. The highest BCUT2D eigenvalue weighted by molar-refractivity contribution is 5.71. The molecule has 1 atom stereocenters. The van der Waals surface area contributed by atoms with Gasteiger partial charge in [-0.2, -0.15) is 0 Å². The van der Waals surface area contributed by atoms with Gasteiger partial charge in [-0.1, -0.05) is 253 Å². The lowest BCUT2D eigenvalue weighted by Crippen LogP contribution is -2.30. The average Bonchev–Trinajstić information content (AvgIpc) is 3.41. The number of unbranched alkanes of at least 4 members (excludes halogenated alkanes) is 30. The molecule has 0 saturated carbocycles. The maximum Gasteiger partial charge on any atom is 0.306 e. The van der Waals surface area contributed by atoms with Gasteiger partial charge in [0.05, 0.1) is 0 Å². The highest BCUT2D eigenvalue weighted by atomic mass is 16.6. The first-order valence-electron chi connectivity index (χ1n) is 31.7. The molecule has 0 spiro atoms. The number of hydrogen-bond acceptors (Lipinski definition) is 6. The van der Waals surface area contributed by atoms with E-state index in [0.717, 1.165) is 109 Å². The highest BCUT2D eigenvalue weighted by Gasteiger charge is 2.19. The molecule has 0 aromatic heterocycles. The number of carbonyl (C=O) groups is 3. The van der Waals surface area contributed by atoms with E-state index < -0.39 is 6.10 Å². The average molecular weight is 1040 g/mol. The summed E-state index contributed by atoms with van der Waals surface area (Å²) in [5.74, 6) is -0.944.